The van der Waals surface area contributed by atoms with E-state index in [-0.39, 0.29) is 36.6 Å². The highest BCUT2D eigenvalue weighted by molar-refractivity contribution is 7.13. The average Bonchev–Trinajstić information content (AvgIpc) is 3.40. The maximum Gasteiger partial charge on any atom is 0.246 e. The van der Waals surface area contributed by atoms with Gasteiger partial charge in [0.1, 0.15) is 12.1 Å². The van der Waals surface area contributed by atoms with Gasteiger partial charge in [0, 0.05) is 25.4 Å². The Bertz CT molecular complexity index is 1060. The molecule has 3 rings (SSSR count). The fraction of sp³-hybridized carbons (Fsp3) is 0.538. The minimum Gasteiger partial charge on any atom is -0.391 e. The number of rotatable bonds is 7. The van der Waals surface area contributed by atoms with E-state index in [9.17, 15) is 19.5 Å². The molecule has 3 amide bonds. The number of hydrogen-bond donors (Lipinski definition) is 3. The van der Waals surface area contributed by atoms with E-state index in [1.807, 2.05) is 57.5 Å². The Morgan fingerprint density at radius 1 is 1.20 bits per heavy atom. The molecule has 35 heavy (non-hydrogen) atoms. The SMILES string of the molecule is Cc1ncsc1-c1ccc(CNC(=O)C2C[C@@H](O)CN2C(=O)[C@@H](NC(=O)C(C)C)C(C)(C)C)cc1. The lowest BCUT2D eigenvalue weighted by molar-refractivity contribution is -0.144. The molecule has 1 saturated heterocycles. The molecule has 1 unspecified atom stereocenters. The summed E-state index contributed by atoms with van der Waals surface area (Å²) in [7, 11) is 0. The van der Waals surface area contributed by atoms with Crippen LogP contribution in [-0.4, -0.2) is 57.4 Å². The van der Waals surface area contributed by atoms with Crippen molar-refractivity contribution in [1.29, 1.82) is 0 Å². The summed E-state index contributed by atoms with van der Waals surface area (Å²) in [6, 6.07) is 6.32. The Kier molecular flexibility index (Phi) is 8.33. The third-order valence-corrected chi connectivity index (χ3v) is 7.19. The van der Waals surface area contributed by atoms with Crippen LogP contribution in [0.1, 0.15) is 52.3 Å². The predicted molar refractivity (Wildman–Crippen MR) is 136 cm³/mol. The van der Waals surface area contributed by atoms with Crippen molar-refractivity contribution >= 4 is 29.1 Å². The van der Waals surface area contributed by atoms with Crippen molar-refractivity contribution < 1.29 is 19.5 Å². The number of likely N-dealkylation sites (tertiary alicyclic amines) is 1. The molecule has 0 aliphatic carbocycles. The van der Waals surface area contributed by atoms with Crippen LogP contribution in [0.15, 0.2) is 29.8 Å². The summed E-state index contributed by atoms with van der Waals surface area (Å²) in [5.74, 6) is -1.18. The summed E-state index contributed by atoms with van der Waals surface area (Å²) in [5.41, 5.74) is 4.25. The van der Waals surface area contributed by atoms with Gasteiger partial charge < -0.3 is 20.6 Å². The number of nitrogens with zero attached hydrogens (tertiary/aromatic N) is 2. The Labute approximate surface area is 211 Å². The van der Waals surface area contributed by atoms with Crippen LogP contribution in [0, 0.1) is 18.3 Å². The number of thiazole rings is 1. The lowest BCUT2D eigenvalue weighted by Crippen LogP contribution is -2.58. The van der Waals surface area contributed by atoms with Gasteiger partial charge in [-0.25, -0.2) is 4.98 Å². The second-order valence-electron chi connectivity index (χ2n) is 10.5. The molecule has 1 aliphatic rings. The summed E-state index contributed by atoms with van der Waals surface area (Å²) in [5, 5.41) is 16.0. The van der Waals surface area contributed by atoms with Crippen molar-refractivity contribution in [3.05, 3.63) is 41.0 Å². The Morgan fingerprint density at radius 3 is 2.40 bits per heavy atom. The maximum atomic E-state index is 13.5. The number of β-amino-alcohol motifs (C(OH)–C–C–N with tert-alkyl or cyclic N) is 1. The fourth-order valence-corrected chi connectivity index (χ4v) is 4.90. The molecule has 1 aromatic carbocycles. The molecule has 9 heteroatoms. The summed E-state index contributed by atoms with van der Waals surface area (Å²) in [4.78, 5) is 45.7. The number of aliphatic hydroxyl groups is 1. The zero-order valence-electron chi connectivity index (χ0n) is 21.3. The van der Waals surface area contributed by atoms with E-state index >= 15 is 0 Å². The molecule has 0 bridgehead atoms. The van der Waals surface area contributed by atoms with Crippen molar-refractivity contribution in [3.8, 4) is 10.4 Å². The minimum absolute atomic E-state index is 0.0595. The normalized spacial score (nSPS) is 19.0. The van der Waals surface area contributed by atoms with Crippen LogP contribution >= 0.6 is 11.3 Å². The number of aryl methyl sites for hydroxylation is 1. The number of amides is 3. The zero-order chi connectivity index (χ0) is 25.9. The molecule has 0 spiro atoms. The van der Waals surface area contributed by atoms with E-state index in [1.54, 1.807) is 25.2 Å². The molecule has 8 nitrogen and oxygen atoms in total. The fourth-order valence-electron chi connectivity index (χ4n) is 4.09. The monoisotopic (exact) mass is 500 g/mol. The second-order valence-corrected chi connectivity index (χ2v) is 11.4. The summed E-state index contributed by atoms with van der Waals surface area (Å²) < 4.78 is 0. The quantitative estimate of drug-likeness (QED) is 0.541. The van der Waals surface area contributed by atoms with Gasteiger partial charge in [0.25, 0.3) is 0 Å². The third kappa shape index (κ3) is 6.46. The van der Waals surface area contributed by atoms with Crippen LogP contribution in [0.3, 0.4) is 0 Å². The lowest BCUT2D eigenvalue weighted by atomic mass is 9.85. The summed E-state index contributed by atoms with van der Waals surface area (Å²) >= 11 is 1.59. The molecule has 1 fully saturated rings. The van der Waals surface area contributed by atoms with Crippen molar-refractivity contribution in [1.82, 2.24) is 20.5 Å². The van der Waals surface area contributed by atoms with Gasteiger partial charge in [0.15, 0.2) is 0 Å². The first kappa shape index (κ1) is 26.8. The molecule has 1 aliphatic heterocycles. The van der Waals surface area contributed by atoms with Gasteiger partial charge in [0.05, 0.1) is 22.2 Å². The molecule has 3 atom stereocenters. The van der Waals surface area contributed by atoms with E-state index in [0.717, 1.165) is 21.7 Å². The van der Waals surface area contributed by atoms with Gasteiger partial charge in [-0.3, -0.25) is 14.4 Å². The summed E-state index contributed by atoms with van der Waals surface area (Å²) in [6.45, 7) is 11.5. The van der Waals surface area contributed by atoms with Crippen molar-refractivity contribution in [2.45, 2.75) is 72.7 Å². The highest BCUT2D eigenvalue weighted by atomic mass is 32.1. The molecule has 2 aromatic rings. The molecule has 1 aromatic heterocycles. The highest BCUT2D eigenvalue weighted by Crippen LogP contribution is 2.28. The smallest absolute Gasteiger partial charge is 0.246 e. The van der Waals surface area contributed by atoms with Gasteiger partial charge in [-0.15, -0.1) is 11.3 Å². The molecule has 2 heterocycles. The van der Waals surface area contributed by atoms with Crippen molar-refractivity contribution in [3.63, 3.8) is 0 Å². The molecular formula is C26H36N4O4S. The highest BCUT2D eigenvalue weighted by Gasteiger charge is 2.44. The minimum atomic E-state index is -0.805. The number of nitrogens with one attached hydrogen (secondary N) is 2. The first-order valence-electron chi connectivity index (χ1n) is 11.9. The molecule has 0 radical (unpaired) electrons. The van der Waals surface area contributed by atoms with E-state index in [2.05, 4.69) is 15.6 Å². The summed E-state index contributed by atoms with van der Waals surface area (Å²) in [6.07, 6.45) is -0.631. The number of aromatic nitrogens is 1. The van der Waals surface area contributed by atoms with E-state index in [4.69, 9.17) is 0 Å². The molecular weight excluding hydrogens is 464 g/mol. The first-order chi connectivity index (χ1) is 16.4. The lowest BCUT2D eigenvalue weighted by Gasteiger charge is -2.35. The number of aliphatic hydroxyl groups excluding tert-OH is 1. The third-order valence-electron chi connectivity index (χ3n) is 6.22. The van der Waals surface area contributed by atoms with E-state index < -0.39 is 23.6 Å². The average molecular weight is 501 g/mol. The number of hydrogen-bond acceptors (Lipinski definition) is 6. The van der Waals surface area contributed by atoms with Crippen LogP contribution in [-0.2, 0) is 20.9 Å². The van der Waals surface area contributed by atoms with Crippen LogP contribution in [0.2, 0.25) is 0 Å². The number of carbonyl (C=O) groups is 3. The molecule has 3 N–H and O–H groups in total. The predicted octanol–water partition coefficient (Wildman–Crippen LogP) is 2.88. The van der Waals surface area contributed by atoms with Gasteiger partial charge in [-0.05, 0) is 23.5 Å². The van der Waals surface area contributed by atoms with Crippen LogP contribution in [0.5, 0.6) is 0 Å². The zero-order valence-corrected chi connectivity index (χ0v) is 22.1. The largest absolute Gasteiger partial charge is 0.391 e. The van der Waals surface area contributed by atoms with Crippen LogP contribution in [0.25, 0.3) is 10.4 Å². The molecule has 0 saturated carbocycles. The first-order valence-corrected chi connectivity index (χ1v) is 12.8. The van der Waals surface area contributed by atoms with Gasteiger partial charge in [-0.2, -0.15) is 0 Å². The standard InChI is InChI=1S/C26H36N4O4S/c1-15(2)23(32)29-22(26(4,5)6)25(34)30-13-19(31)11-20(30)24(33)27-12-17-7-9-18(10-8-17)21-16(3)28-14-35-21/h7-10,14-15,19-20,22,31H,11-13H2,1-6H3,(H,27,33)(H,29,32)/t19-,20?,22-/m1/s1. The Hall–Kier alpha value is -2.78. The van der Waals surface area contributed by atoms with Crippen molar-refractivity contribution in [2.24, 2.45) is 11.3 Å². The van der Waals surface area contributed by atoms with Crippen LogP contribution in [0.4, 0.5) is 0 Å². The van der Waals surface area contributed by atoms with Gasteiger partial charge >= 0.3 is 0 Å². The van der Waals surface area contributed by atoms with Gasteiger partial charge in [-0.1, -0.05) is 58.9 Å². The van der Waals surface area contributed by atoms with E-state index in [1.165, 1.54) is 4.90 Å². The number of carbonyl (C=O) groups excluding carboxylic acids is 3. The topological polar surface area (TPSA) is 112 Å². The van der Waals surface area contributed by atoms with Crippen LogP contribution < -0.4 is 10.6 Å². The Morgan fingerprint density at radius 2 is 1.86 bits per heavy atom. The van der Waals surface area contributed by atoms with Gasteiger partial charge in [0.2, 0.25) is 17.7 Å². The van der Waals surface area contributed by atoms with Crippen molar-refractivity contribution in [2.75, 3.05) is 6.54 Å². The number of benzene rings is 1. The second kappa shape index (κ2) is 10.9. The van der Waals surface area contributed by atoms with E-state index in [0.29, 0.717) is 6.54 Å². The Balaban J connectivity index is 1.68. The molecule has 190 valence electrons. The maximum absolute atomic E-state index is 13.5.